The number of ketones is 1. The highest BCUT2D eigenvalue weighted by molar-refractivity contribution is 6.43. The van der Waals surface area contributed by atoms with Crippen molar-refractivity contribution in [2.24, 2.45) is 5.41 Å². The first-order valence-corrected chi connectivity index (χ1v) is 13.4. The molecule has 1 aromatic carbocycles. The zero-order valence-corrected chi connectivity index (χ0v) is 23.8. The van der Waals surface area contributed by atoms with Gasteiger partial charge in [-0.2, -0.15) is 0 Å². The number of anilines is 1. The number of benzene rings is 1. The van der Waals surface area contributed by atoms with E-state index in [1.54, 1.807) is 13.0 Å². The lowest BCUT2D eigenvalue weighted by molar-refractivity contribution is 0.0434. The first-order chi connectivity index (χ1) is 17.3. The molecule has 0 saturated carbocycles. The number of hydrogen-bond donors (Lipinski definition) is 1. The molecule has 2 atom stereocenters. The van der Waals surface area contributed by atoms with Crippen molar-refractivity contribution < 1.29 is 19.1 Å². The lowest BCUT2D eigenvalue weighted by Crippen LogP contribution is -2.55. The average Bonchev–Trinajstić information content (AvgIpc) is 3.10. The minimum Gasteiger partial charge on any atom is -0.444 e. The SMILES string of the molecule is CC(=O)c1cc(-c2cccc(Cl)c2Cl)c(C)nc1N1CCC2(CC1)CO[C@@H](C)[C@H]2NC(=O)OC(C)(C)C. The number of carbonyl (C=O) groups is 2. The van der Waals surface area contributed by atoms with Crippen molar-refractivity contribution >= 4 is 40.9 Å². The van der Waals surface area contributed by atoms with E-state index in [0.717, 1.165) is 29.7 Å². The van der Waals surface area contributed by atoms with Crippen LogP contribution in [0.25, 0.3) is 11.1 Å². The molecule has 2 saturated heterocycles. The summed E-state index contributed by atoms with van der Waals surface area (Å²) < 4.78 is 11.5. The largest absolute Gasteiger partial charge is 0.444 e. The Morgan fingerprint density at radius 1 is 1.19 bits per heavy atom. The Balaban J connectivity index is 1.57. The van der Waals surface area contributed by atoms with Crippen LogP contribution in [0.5, 0.6) is 0 Å². The number of amides is 1. The number of pyridine rings is 1. The Morgan fingerprint density at radius 3 is 2.49 bits per heavy atom. The third-order valence-corrected chi connectivity index (χ3v) is 8.13. The summed E-state index contributed by atoms with van der Waals surface area (Å²) in [5.74, 6) is 0.606. The van der Waals surface area contributed by atoms with Gasteiger partial charge in [-0.15, -0.1) is 0 Å². The van der Waals surface area contributed by atoms with E-state index in [0.29, 0.717) is 41.1 Å². The van der Waals surface area contributed by atoms with Crippen LogP contribution in [0, 0.1) is 12.3 Å². The molecule has 1 spiro atoms. The second-order valence-electron chi connectivity index (χ2n) is 11.1. The highest BCUT2D eigenvalue weighted by atomic mass is 35.5. The van der Waals surface area contributed by atoms with Crippen LogP contribution in [0.2, 0.25) is 10.0 Å². The van der Waals surface area contributed by atoms with Crippen LogP contribution in [0.1, 0.15) is 63.5 Å². The van der Waals surface area contributed by atoms with E-state index >= 15 is 0 Å². The molecule has 0 radical (unpaired) electrons. The number of halogens is 2. The topological polar surface area (TPSA) is 80.8 Å². The molecule has 0 bridgehead atoms. The van der Waals surface area contributed by atoms with Gasteiger partial charge in [-0.05, 0) is 66.5 Å². The number of alkyl carbamates (subject to hydrolysis) is 1. The number of piperidine rings is 1. The van der Waals surface area contributed by atoms with Crippen molar-refractivity contribution in [1.29, 1.82) is 0 Å². The zero-order chi connectivity index (χ0) is 27.1. The monoisotopic (exact) mass is 547 g/mol. The molecule has 2 aromatic rings. The predicted octanol–water partition coefficient (Wildman–Crippen LogP) is 6.47. The number of rotatable bonds is 4. The average molecular weight is 549 g/mol. The zero-order valence-electron chi connectivity index (χ0n) is 22.3. The van der Waals surface area contributed by atoms with Gasteiger partial charge in [0, 0.05) is 35.3 Å². The van der Waals surface area contributed by atoms with E-state index in [-0.39, 0.29) is 23.3 Å². The first-order valence-electron chi connectivity index (χ1n) is 12.6. The fourth-order valence-electron chi connectivity index (χ4n) is 5.38. The van der Waals surface area contributed by atoms with Crippen molar-refractivity contribution in [3.05, 3.63) is 45.6 Å². The highest BCUT2D eigenvalue weighted by Gasteiger charge is 2.50. The second-order valence-corrected chi connectivity index (χ2v) is 11.9. The molecule has 7 nitrogen and oxygen atoms in total. The molecule has 2 aliphatic heterocycles. The number of ether oxygens (including phenoxy) is 2. The number of hydrogen-bond acceptors (Lipinski definition) is 6. The molecule has 1 aromatic heterocycles. The van der Waals surface area contributed by atoms with Gasteiger partial charge >= 0.3 is 6.09 Å². The number of Topliss-reactive ketones (excluding diaryl/α,β-unsaturated/α-hetero) is 1. The van der Waals surface area contributed by atoms with Crippen LogP contribution in [0.15, 0.2) is 24.3 Å². The lowest BCUT2D eigenvalue weighted by Gasteiger charge is -2.43. The quantitative estimate of drug-likeness (QED) is 0.442. The lowest BCUT2D eigenvalue weighted by atomic mass is 9.73. The Morgan fingerprint density at radius 2 is 1.86 bits per heavy atom. The predicted molar refractivity (Wildman–Crippen MR) is 147 cm³/mol. The van der Waals surface area contributed by atoms with E-state index < -0.39 is 11.7 Å². The summed E-state index contributed by atoms with van der Waals surface area (Å²) in [4.78, 5) is 32.3. The maximum atomic E-state index is 12.7. The molecule has 9 heteroatoms. The van der Waals surface area contributed by atoms with Crippen molar-refractivity contribution in [2.45, 2.75) is 72.1 Å². The molecule has 0 unspecified atom stereocenters. The maximum absolute atomic E-state index is 12.7. The van der Waals surface area contributed by atoms with Gasteiger partial charge in [0.25, 0.3) is 0 Å². The van der Waals surface area contributed by atoms with Crippen LogP contribution in [-0.2, 0) is 9.47 Å². The highest BCUT2D eigenvalue weighted by Crippen LogP contribution is 2.44. The normalized spacial score (nSPS) is 21.2. The molecule has 37 heavy (non-hydrogen) atoms. The van der Waals surface area contributed by atoms with Crippen molar-refractivity contribution in [3.8, 4) is 11.1 Å². The van der Waals surface area contributed by atoms with Gasteiger partial charge in [0.1, 0.15) is 11.4 Å². The number of aryl methyl sites for hydroxylation is 1. The number of aromatic nitrogens is 1. The maximum Gasteiger partial charge on any atom is 0.407 e. The van der Waals surface area contributed by atoms with Gasteiger partial charge in [0.05, 0.1) is 34.4 Å². The molecule has 1 amide bonds. The van der Waals surface area contributed by atoms with Crippen LogP contribution in [0.3, 0.4) is 0 Å². The van der Waals surface area contributed by atoms with E-state index in [2.05, 4.69) is 10.2 Å². The van der Waals surface area contributed by atoms with E-state index in [1.165, 1.54) is 0 Å². The number of nitrogens with one attached hydrogen (secondary N) is 1. The Bertz CT molecular complexity index is 1200. The first kappa shape index (κ1) is 27.7. The van der Waals surface area contributed by atoms with Gasteiger partial charge in [-0.1, -0.05) is 35.3 Å². The molecule has 1 N–H and O–H groups in total. The smallest absolute Gasteiger partial charge is 0.407 e. The Labute approximate surface area is 228 Å². The second kappa shape index (κ2) is 10.4. The van der Waals surface area contributed by atoms with Crippen molar-refractivity contribution in [3.63, 3.8) is 0 Å². The van der Waals surface area contributed by atoms with Crippen LogP contribution >= 0.6 is 23.2 Å². The van der Waals surface area contributed by atoms with Gasteiger partial charge < -0.3 is 19.7 Å². The summed E-state index contributed by atoms with van der Waals surface area (Å²) in [6, 6.07) is 7.17. The Hall–Kier alpha value is -2.35. The molecule has 0 aliphatic carbocycles. The molecule has 200 valence electrons. The van der Waals surface area contributed by atoms with Crippen molar-refractivity contribution in [1.82, 2.24) is 10.3 Å². The molecule has 3 heterocycles. The van der Waals surface area contributed by atoms with Crippen molar-refractivity contribution in [2.75, 3.05) is 24.6 Å². The van der Waals surface area contributed by atoms with E-state index in [9.17, 15) is 9.59 Å². The summed E-state index contributed by atoms with van der Waals surface area (Å²) in [7, 11) is 0. The standard InChI is InChI=1S/C28H35Cl2N3O4/c1-16-20(19-8-7-9-22(29)23(19)30)14-21(17(2)34)25(31-16)33-12-10-28(11-13-33)15-36-18(3)24(28)32-26(35)37-27(4,5)6/h7-9,14,18,24H,10-13,15H2,1-6H3,(H,32,35)/t18-,24+/m0/s1. The van der Waals surface area contributed by atoms with Gasteiger partial charge in [-0.3, -0.25) is 4.79 Å². The minimum absolute atomic E-state index is 0.0653. The van der Waals surface area contributed by atoms with E-state index in [1.807, 2.05) is 52.8 Å². The summed E-state index contributed by atoms with van der Waals surface area (Å²) in [6.45, 7) is 13.0. The van der Waals surface area contributed by atoms with Crippen LogP contribution in [-0.4, -0.2) is 54.3 Å². The Kier molecular flexibility index (Phi) is 7.80. The van der Waals surface area contributed by atoms with Gasteiger partial charge in [-0.25, -0.2) is 9.78 Å². The summed E-state index contributed by atoms with van der Waals surface area (Å²) in [6.07, 6.45) is 1.03. The fraction of sp³-hybridized carbons (Fsp3) is 0.536. The van der Waals surface area contributed by atoms with Crippen LogP contribution in [0.4, 0.5) is 10.6 Å². The number of carbonyl (C=O) groups excluding carboxylic acids is 2. The number of nitrogens with zero attached hydrogens (tertiary/aromatic N) is 2. The molecule has 4 rings (SSSR count). The third kappa shape index (κ3) is 5.74. The summed E-state index contributed by atoms with van der Waals surface area (Å²) in [5.41, 5.74) is 2.08. The molecular formula is C28H35Cl2N3O4. The fourth-order valence-corrected chi connectivity index (χ4v) is 5.79. The van der Waals surface area contributed by atoms with E-state index in [4.69, 9.17) is 37.7 Å². The summed E-state index contributed by atoms with van der Waals surface area (Å²) >= 11 is 12.7. The summed E-state index contributed by atoms with van der Waals surface area (Å²) in [5, 5.41) is 3.97. The minimum atomic E-state index is -0.572. The molecular weight excluding hydrogens is 513 g/mol. The third-order valence-electron chi connectivity index (χ3n) is 7.31. The molecule has 2 aliphatic rings. The van der Waals surface area contributed by atoms with Crippen LogP contribution < -0.4 is 10.2 Å². The van der Waals surface area contributed by atoms with Gasteiger partial charge in [0.2, 0.25) is 0 Å². The van der Waals surface area contributed by atoms with Gasteiger partial charge in [0.15, 0.2) is 5.78 Å². The molecule has 2 fully saturated rings.